The topological polar surface area (TPSA) is 67.6 Å². The molecule has 1 aliphatic heterocycles. The summed E-state index contributed by atoms with van der Waals surface area (Å²) in [5, 5.41) is 2.74. The Balaban J connectivity index is 2.19. The number of nitrogen functional groups attached to an aromatic ring is 1. The monoisotopic (exact) mass is 263 g/mol. The van der Waals surface area contributed by atoms with E-state index in [2.05, 4.69) is 10.2 Å². The minimum absolute atomic E-state index is 0.0948. The molecule has 2 rings (SSSR count). The van der Waals surface area contributed by atoms with Crippen LogP contribution in [0.1, 0.15) is 13.3 Å². The molecule has 19 heavy (non-hydrogen) atoms. The van der Waals surface area contributed by atoms with E-state index in [9.17, 15) is 4.79 Å². The number of benzene rings is 1. The Labute approximate surface area is 113 Å². The number of nitrogens with two attached hydrogens (primary N) is 1. The van der Waals surface area contributed by atoms with E-state index in [-0.39, 0.29) is 11.3 Å². The fourth-order valence-corrected chi connectivity index (χ4v) is 2.57. The van der Waals surface area contributed by atoms with Crippen molar-refractivity contribution in [1.82, 2.24) is 5.32 Å². The highest BCUT2D eigenvalue weighted by Gasteiger charge is 2.39. The van der Waals surface area contributed by atoms with Crippen molar-refractivity contribution >= 4 is 17.3 Å². The first-order valence-electron chi connectivity index (χ1n) is 6.41. The maximum Gasteiger partial charge on any atom is 0.227 e. The second-order valence-corrected chi connectivity index (χ2v) is 5.24. The lowest BCUT2D eigenvalue weighted by atomic mass is 9.89. The molecule has 1 fully saturated rings. The lowest BCUT2D eigenvalue weighted by molar-refractivity contribution is -0.128. The number of nitrogens with one attached hydrogen (secondary N) is 1. The second-order valence-electron chi connectivity index (χ2n) is 5.24. The number of anilines is 2. The maximum atomic E-state index is 11.9. The molecule has 0 aromatic heterocycles. The van der Waals surface area contributed by atoms with Crippen LogP contribution in [0, 0.1) is 5.41 Å². The van der Waals surface area contributed by atoms with Crippen molar-refractivity contribution in [1.29, 1.82) is 0 Å². The summed E-state index contributed by atoms with van der Waals surface area (Å²) >= 11 is 0. The Bertz CT molecular complexity index is 490. The molecule has 1 aromatic rings. The van der Waals surface area contributed by atoms with E-state index < -0.39 is 0 Å². The van der Waals surface area contributed by atoms with Gasteiger partial charge in [0.15, 0.2) is 0 Å². The van der Waals surface area contributed by atoms with Gasteiger partial charge in [0.05, 0.1) is 18.2 Å². The van der Waals surface area contributed by atoms with Crippen molar-refractivity contribution in [2.24, 2.45) is 5.41 Å². The molecule has 1 aliphatic rings. The third kappa shape index (κ3) is 2.45. The summed E-state index contributed by atoms with van der Waals surface area (Å²) in [4.78, 5) is 14.1. The largest absolute Gasteiger partial charge is 0.495 e. The number of methoxy groups -OCH3 is 1. The number of rotatable bonds is 3. The Morgan fingerprint density at radius 3 is 2.89 bits per heavy atom. The van der Waals surface area contributed by atoms with Gasteiger partial charge in [0.2, 0.25) is 5.91 Å². The van der Waals surface area contributed by atoms with Gasteiger partial charge in [-0.2, -0.15) is 0 Å². The number of amides is 1. The summed E-state index contributed by atoms with van der Waals surface area (Å²) < 4.78 is 5.23. The smallest absolute Gasteiger partial charge is 0.227 e. The molecule has 3 N–H and O–H groups in total. The van der Waals surface area contributed by atoms with E-state index in [1.165, 1.54) is 0 Å². The summed E-state index contributed by atoms with van der Waals surface area (Å²) in [7, 11) is 3.29. The SMILES string of the molecule is CNC(=O)C1(C)CCN(c2ccc(N)c(OC)c2)C1. The van der Waals surface area contributed by atoms with Crippen LogP contribution < -0.4 is 20.7 Å². The highest BCUT2D eigenvalue weighted by atomic mass is 16.5. The zero-order chi connectivity index (χ0) is 14.0. The molecule has 0 saturated carbocycles. The van der Waals surface area contributed by atoms with Gasteiger partial charge in [0, 0.05) is 31.9 Å². The summed E-state index contributed by atoms with van der Waals surface area (Å²) in [6.07, 6.45) is 0.847. The number of hydrogen-bond donors (Lipinski definition) is 2. The third-order valence-electron chi connectivity index (χ3n) is 3.83. The number of hydrogen-bond acceptors (Lipinski definition) is 4. The highest BCUT2D eigenvalue weighted by molar-refractivity contribution is 5.83. The number of carbonyl (C=O) groups excluding carboxylic acids is 1. The molecule has 1 amide bonds. The quantitative estimate of drug-likeness (QED) is 0.805. The third-order valence-corrected chi connectivity index (χ3v) is 3.83. The predicted octanol–water partition coefficient (Wildman–Crippen LogP) is 1.24. The molecule has 5 nitrogen and oxygen atoms in total. The Kier molecular flexibility index (Phi) is 3.55. The van der Waals surface area contributed by atoms with Crippen molar-refractivity contribution in [2.75, 3.05) is 37.9 Å². The van der Waals surface area contributed by atoms with E-state index in [0.717, 1.165) is 18.7 Å². The van der Waals surface area contributed by atoms with Crippen LogP contribution in [0.3, 0.4) is 0 Å². The van der Waals surface area contributed by atoms with Gasteiger partial charge in [-0.15, -0.1) is 0 Å². The molecule has 1 unspecified atom stereocenters. The lowest BCUT2D eigenvalue weighted by Crippen LogP contribution is -2.39. The summed E-state index contributed by atoms with van der Waals surface area (Å²) in [6.45, 7) is 3.57. The van der Waals surface area contributed by atoms with Gasteiger partial charge in [-0.25, -0.2) is 0 Å². The second kappa shape index (κ2) is 4.99. The molecule has 104 valence electrons. The van der Waals surface area contributed by atoms with E-state index in [4.69, 9.17) is 10.5 Å². The average molecular weight is 263 g/mol. The van der Waals surface area contributed by atoms with Gasteiger partial charge in [-0.1, -0.05) is 0 Å². The first-order valence-corrected chi connectivity index (χ1v) is 6.41. The van der Waals surface area contributed by atoms with Crippen LogP contribution in [0.15, 0.2) is 18.2 Å². The molecule has 5 heteroatoms. The van der Waals surface area contributed by atoms with E-state index >= 15 is 0 Å². The van der Waals surface area contributed by atoms with Gasteiger partial charge in [-0.05, 0) is 25.5 Å². The molecule has 0 spiro atoms. The number of ether oxygens (including phenoxy) is 1. The van der Waals surface area contributed by atoms with Crippen LogP contribution in [0.5, 0.6) is 5.75 Å². The summed E-state index contributed by atoms with van der Waals surface area (Å²) in [5.41, 5.74) is 7.15. The Morgan fingerprint density at radius 1 is 1.53 bits per heavy atom. The minimum atomic E-state index is -0.330. The van der Waals surface area contributed by atoms with Crippen LogP contribution in [0.4, 0.5) is 11.4 Å². The van der Waals surface area contributed by atoms with Crippen molar-refractivity contribution < 1.29 is 9.53 Å². The van der Waals surface area contributed by atoms with Crippen LogP contribution in [0.2, 0.25) is 0 Å². The van der Waals surface area contributed by atoms with E-state index in [1.54, 1.807) is 14.2 Å². The van der Waals surface area contributed by atoms with E-state index in [1.807, 2.05) is 25.1 Å². The molecule has 1 aromatic carbocycles. The maximum absolute atomic E-state index is 11.9. The van der Waals surface area contributed by atoms with Crippen molar-refractivity contribution in [3.05, 3.63) is 18.2 Å². The molecule has 1 heterocycles. The van der Waals surface area contributed by atoms with Crippen LogP contribution in [0.25, 0.3) is 0 Å². The molecular weight excluding hydrogens is 242 g/mol. The summed E-state index contributed by atoms with van der Waals surface area (Å²) in [6, 6.07) is 5.72. The number of nitrogens with zero attached hydrogens (tertiary/aromatic N) is 1. The molecule has 0 radical (unpaired) electrons. The molecule has 1 atom stereocenters. The van der Waals surface area contributed by atoms with E-state index in [0.29, 0.717) is 18.0 Å². The predicted molar refractivity (Wildman–Crippen MR) is 76.4 cm³/mol. The molecule has 0 aliphatic carbocycles. The standard InChI is InChI=1S/C14H21N3O2/c1-14(13(18)16-2)6-7-17(9-14)10-4-5-11(15)12(8-10)19-3/h4-5,8H,6-7,9,15H2,1-3H3,(H,16,18). The van der Waals surface area contributed by atoms with Gasteiger partial charge < -0.3 is 20.7 Å². The van der Waals surface area contributed by atoms with Crippen molar-refractivity contribution in [3.8, 4) is 5.75 Å². The van der Waals surface area contributed by atoms with Crippen molar-refractivity contribution in [2.45, 2.75) is 13.3 Å². The first kappa shape index (κ1) is 13.5. The first-order chi connectivity index (χ1) is 9.00. The van der Waals surface area contributed by atoms with Gasteiger partial charge in [0.25, 0.3) is 0 Å². The average Bonchev–Trinajstić information content (AvgIpc) is 2.82. The molecule has 1 saturated heterocycles. The highest BCUT2D eigenvalue weighted by Crippen LogP contribution is 2.35. The lowest BCUT2D eigenvalue weighted by Gasteiger charge is -2.24. The van der Waals surface area contributed by atoms with Crippen LogP contribution in [-0.4, -0.2) is 33.2 Å². The Hall–Kier alpha value is -1.91. The zero-order valence-electron chi connectivity index (χ0n) is 11.7. The fourth-order valence-electron chi connectivity index (χ4n) is 2.57. The number of carbonyl (C=O) groups is 1. The minimum Gasteiger partial charge on any atom is -0.495 e. The van der Waals surface area contributed by atoms with Crippen LogP contribution in [-0.2, 0) is 4.79 Å². The zero-order valence-corrected chi connectivity index (χ0v) is 11.7. The van der Waals surface area contributed by atoms with Crippen molar-refractivity contribution in [3.63, 3.8) is 0 Å². The normalized spacial score (nSPS) is 22.4. The van der Waals surface area contributed by atoms with Gasteiger partial charge in [-0.3, -0.25) is 4.79 Å². The van der Waals surface area contributed by atoms with Crippen LogP contribution >= 0.6 is 0 Å². The van der Waals surface area contributed by atoms with Gasteiger partial charge in [0.1, 0.15) is 5.75 Å². The Morgan fingerprint density at radius 2 is 2.26 bits per heavy atom. The van der Waals surface area contributed by atoms with Gasteiger partial charge >= 0.3 is 0 Å². The fraction of sp³-hybridized carbons (Fsp3) is 0.500. The molecule has 0 bridgehead atoms. The molecular formula is C14H21N3O2. The summed E-state index contributed by atoms with van der Waals surface area (Å²) in [5.74, 6) is 0.767.